The molecule has 112 valence electrons. The van der Waals surface area contributed by atoms with Gasteiger partial charge in [-0.1, -0.05) is 6.92 Å². The largest absolute Gasteiger partial charge is 0.462 e. The number of benzene rings is 1. The molecule has 6 nitrogen and oxygen atoms in total. The van der Waals surface area contributed by atoms with E-state index in [0.717, 1.165) is 0 Å². The summed E-state index contributed by atoms with van der Waals surface area (Å²) in [4.78, 5) is 11.8. The van der Waals surface area contributed by atoms with E-state index in [1.807, 2.05) is 0 Å². The summed E-state index contributed by atoms with van der Waals surface area (Å²) >= 11 is 0. The number of esters is 1. The van der Waals surface area contributed by atoms with Gasteiger partial charge < -0.3 is 15.8 Å². The van der Waals surface area contributed by atoms with Gasteiger partial charge in [0, 0.05) is 23.7 Å². The van der Waals surface area contributed by atoms with Crippen LogP contribution >= 0.6 is 0 Å². The van der Waals surface area contributed by atoms with Crippen molar-refractivity contribution >= 4 is 27.2 Å². The zero-order valence-corrected chi connectivity index (χ0v) is 12.5. The fourth-order valence-electron chi connectivity index (χ4n) is 1.58. The van der Waals surface area contributed by atoms with Gasteiger partial charge in [-0.05, 0) is 25.1 Å². The van der Waals surface area contributed by atoms with Crippen molar-refractivity contribution in [2.75, 3.05) is 35.7 Å². The maximum Gasteiger partial charge on any atom is 0.340 e. The number of sulfone groups is 1. The highest BCUT2D eigenvalue weighted by Gasteiger charge is 2.14. The van der Waals surface area contributed by atoms with Crippen LogP contribution in [-0.2, 0) is 14.6 Å². The van der Waals surface area contributed by atoms with E-state index < -0.39 is 15.8 Å². The standard InChI is InChI=1S/C13H20N2O4S/c1-3-19-13(16)11-9-10(14)5-6-12(11)15-7-8-20(17,18)4-2/h5-6,9,15H,3-4,7-8,14H2,1-2H3. The Morgan fingerprint density at radius 1 is 1.35 bits per heavy atom. The molecule has 0 fully saturated rings. The average Bonchev–Trinajstić information content (AvgIpc) is 2.40. The van der Waals surface area contributed by atoms with Gasteiger partial charge in [-0.3, -0.25) is 0 Å². The number of nitrogen functional groups attached to an aromatic ring is 1. The summed E-state index contributed by atoms with van der Waals surface area (Å²) in [7, 11) is -3.04. The third-order valence-corrected chi connectivity index (χ3v) is 4.41. The highest BCUT2D eigenvalue weighted by atomic mass is 32.2. The minimum atomic E-state index is -3.04. The molecule has 0 atom stereocenters. The highest BCUT2D eigenvalue weighted by molar-refractivity contribution is 7.91. The van der Waals surface area contributed by atoms with Crippen molar-refractivity contribution < 1.29 is 17.9 Å². The van der Waals surface area contributed by atoms with Gasteiger partial charge in [-0.15, -0.1) is 0 Å². The second-order valence-corrected chi connectivity index (χ2v) is 6.66. The first-order valence-electron chi connectivity index (χ1n) is 6.40. The molecule has 0 aromatic heterocycles. The van der Waals surface area contributed by atoms with Crippen LogP contribution in [0.2, 0.25) is 0 Å². The lowest BCUT2D eigenvalue weighted by atomic mass is 10.1. The zero-order chi connectivity index (χ0) is 15.2. The summed E-state index contributed by atoms with van der Waals surface area (Å²) in [6, 6.07) is 4.79. The van der Waals surface area contributed by atoms with Crippen LogP contribution in [0.1, 0.15) is 24.2 Å². The van der Waals surface area contributed by atoms with Gasteiger partial charge in [-0.2, -0.15) is 0 Å². The normalized spacial score (nSPS) is 11.1. The number of nitrogens with one attached hydrogen (secondary N) is 1. The Morgan fingerprint density at radius 2 is 2.05 bits per heavy atom. The van der Waals surface area contributed by atoms with Crippen LogP contribution in [0.3, 0.4) is 0 Å². The molecule has 0 amide bonds. The van der Waals surface area contributed by atoms with Crippen LogP contribution in [0.15, 0.2) is 18.2 Å². The first kappa shape index (κ1) is 16.3. The van der Waals surface area contributed by atoms with E-state index in [4.69, 9.17) is 10.5 Å². The molecule has 7 heteroatoms. The number of ether oxygens (including phenoxy) is 1. The SMILES string of the molecule is CCOC(=O)c1cc(N)ccc1NCCS(=O)(=O)CC. The number of rotatable bonds is 7. The van der Waals surface area contributed by atoms with E-state index in [9.17, 15) is 13.2 Å². The summed E-state index contributed by atoms with van der Waals surface area (Å²) in [5.41, 5.74) is 6.92. The summed E-state index contributed by atoms with van der Waals surface area (Å²) in [6.45, 7) is 3.80. The fourth-order valence-corrected chi connectivity index (χ4v) is 2.28. The van der Waals surface area contributed by atoms with Crippen LogP contribution in [0.25, 0.3) is 0 Å². The van der Waals surface area contributed by atoms with Gasteiger partial charge in [0.2, 0.25) is 0 Å². The average molecular weight is 300 g/mol. The van der Waals surface area contributed by atoms with E-state index in [1.165, 1.54) is 6.07 Å². The molecule has 0 aliphatic rings. The van der Waals surface area contributed by atoms with Crippen molar-refractivity contribution in [2.24, 2.45) is 0 Å². The lowest BCUT2D eigenvalue weighted by molar-refractivity contribution is 0.0527. The van der Waals surface area contributed by atoms with Crippen LogP contribution < -0.4 is 11.1 Å². The molecule has 0 aliphatic carbocycles. The molecule has 3 N–H and O–H groups in total. The van der Waals surface area contributed by atoms with Gasteiger partial charge in [0.05, 0.1) is 17.9 Å². The van der Waals surface area contributed by atoms with Gasteiger partial charge in [-0.25, -0.2) is 13.2 Å². The van der Waals surface area contributed by atoms with Crippen LogP contribution in [-0.4, -0.2) is 39.0 Å². The Labute approximate surface area is 119 Å². The first-order chi connectivity index (χ1) is 9.39. The number of anilines is 2. The molecule has 0 spiro atoms. The van der Waals surface area contributed by atoms with Gasteiger partial charge >= 0.3 is 5.97 Å². The molecule has 0 bridgehead atoms. The number of nitrogens with two attached hydrogens (primary N) is 1. The fraction of sp³-hybridized carbons (Fsp3) is 0.462. The van der Waals surface area contributed by atoms with Crippen molar-refractivity contribution in [3.05, 3.63) is 23.8 Å². The Hall–Kier alpha value is -1.76. The van der Waals surface area contributed by atoms with Crippen molar-refractivity contribution in [1.82, 2.24) is 0 Å². The predicted molar refractivity (Wildman–Crippen MR) is 79.6 cm³/mol. The summed E-state index contributed by atoms with van der Waals surface area (Å²) in [6.07, 6.45) is 0. The molecule has 0 aliphatic heterocycles. The number of carbonyl (C=O) groups excluding carboxylic acids is 1. The minimum absolute atomic E-state index is 0.0101. The molecule has 0 heterocycles. The van der Waals surface area contributed by atoms with Crippen molar-refractivity contribution in [3.63, 3.8) is 0 Å². The Kier molecular flexibility index (Phi) is 5.82. The van der Waals surface area contributed by atoms with E-state index >= 15 is 0 Å². The smallest absolute Gasteiger partial charge is 0.340 e. The van der Waals surface area contributed by atoms with Crippen molar-refractivity contribution in [1.29, 1.82) is 0 Å². The summed E-state index contributed by atoms with van der Waals surface area (Å²) in [5.74, 6) is -0.377. The van der Waals surface area contributed by atoms with Crippen LogP contribution in [0.4, 0.5) is 11.4 Å². The monoisotopic (exact) mass is 300 g/mol. The molecule has 0 saturated heterocycles. The number of hydrogen-bond acceptors (Lipinski definition) is 6. The number of hydrogen-bond donors (Lipinski definition) is 2. The predicted octanol–water partition coefficient (Wildman–Crippen LogP) is 1.29. The van der Waals surface area contributed by atoms with E-state index in [1.54, 1.807) is 26.0 Å². The van der Waals surface area contributed by atoms with Crippen LogP contribution in [0.5, 0.6) is 0 Å². The van der Waals surface area contributed by atoms with E-state index in [0.29, 0.717) is 16.9 Å². The molecule has 0 saturated carbocycles. The van der Waals surface area contributed by atoms with Gasteiger partial charge in [0.1, 0.15) is 0 Å². The molecule has 1 aromatic rings. The molecule has 0 radical (unpaired) electrons. The lowest BCUT2D eigenvalue weighted by Crippen LogP contribution is -2.18. The quantitative estimate of drug-likeness (QED) is 0.581. The van der Waals surface area contributed by atoms with Crippen molar-refractivity contribution in [3.8, 4) is 0 Å². The molecule has 20 heavy (non-hydrogen) atoms. The molecular weight excluding hydrogens is 280 g/mol. The summed E-state index contributed by atoms with van der Waals surface area (Å²) in [5, 5.41) is 2.93. The molecule has 1 aromatic carbocycles. The highest BCUT2D eigenvalue weighted by Crippen LogP contribution is 2.20. The molecular formula is C13H20N2O4S. The third kappa shape index (κ3) is 4.73. The van der Waals surface area contributed by atoms with E-state index in [2.05, 4.69) is 5.32 Å². The third-order valence-electron chi connectivity index (χ3n) is 2.71. The Morgan fingerprint density at radius 3 is 2.65 bits per heavy atom. The minimum Gasteiger partial charge on any atom is -0.462 e. The Bertz CT molecular complexity index is 570. The maximum atomic E-state index is 11.8. The topological polar surface area (TPSA) is 98.5 Å². The van der Waals surface area contributed by atoms with E-state index in [-0.39, 0.29) is 24.7 Å². The molecule has 0 unspecified atom stereocenters. The van der Waals surface area contributed by atoms with Crippen LogP contribution in [0, 0.1) is 0 Å². The van der Waals surface area contributed by atoms with Crippen molar-refractivity contribution in [2.45, 2.75) is 13.8 Å². The summed E-state index contributed by atoms with van der Waals surface area (Å²) < 4.78 is 27.8. The number of carbonyl (C=O) groups is 1. The van der Waals surface area contributed by atoms with Gasteiger partial charge in [0.25, 0.3) is 0 Å². The maximum absolute atomic E-state index is 11.8. The zero-order valence-electron chi connectivity index (χ0n) is 11.7. The first-order valence-corrected chi connectivity index (χ1v) is 8.22. The molecule has 1 rings (SSSR count). The second kappa shape index (κ2) is 7.14. The lowest BCUT2D eigenvalue weighted by Gasteiger charge is -2.12. The van der Waals surface area contributed by atoms with Gasteiger partial charge in [0.15, 0.2) is 9.84 Å². The Balaban J connectivity index is 2.82. The second-order valence-electron chi connectivity index (χ2n) is 4.19.